The average molecular weight is 1920 g/mol. The molecule has 0 saturated heterocycles. The molecule has 0 spiro atoms. The Morgan fingerprint density at radius 1 is 0.225 bits per heavy atom. The number of amides is 12. The van der Waals surface area contributed by atoms with Crippen molar-refractivity contribution in [1.82, 2.24) is 61.3 Å². The first-order valence-corrected chi connectivity index (χ1v) is 55.9. The van der Waals surface area contributed by atoms with E-state index in [9.17, 15) is 57.5 Å². The highest BCUT2D eigenvalue weighted by Crippen LogP contribution is 2.60. The zero-order valence-electron chi connectivity index (χ0n) is 87.5. The van der Waals surface area contributed by atoms with Crippen molar-refractivity contribution in [2.24, 2.45) is 53.3 Å². The number of nitrogens with one attached hydrogen (secondary N) is 6. The fourth-order valence-corrected chi connectivity index (χ4v) is 26.6. The van der Waals surface area contributed by atoms with E-state index < -0.39 is 0 Å². The number of carbonyl (C=O) groups is 12. The van der Waals surface area contributed by atoms with Gasteiger partial charge >= 0.3 is 0 Å². The lowest BCUT2D eigenvalue weighted by Gasteiger charge is -2.59. The number of nitrogens with zero attached hydrogens (tertiary/aromatic N) is 6. The van der Waals surface area contributed by atoms with Crippen molar-refractivity contribution in [1.29, 1.82) is 0 Å². The number of hydrogen-bond acceptors (Lipinski definition) is 12. The van der Waals surface area contributed by atoms with Gasteiger partial charge in [-0.3, -0.25) is 57.5 Å². The van der Waals surface area contributed by atoms with Crippen LogP contribution in [0.3, 0.4) is 0 Å². The average Bonchev–Trinajstić information content (AvgIpc) is 0.746. The monoisotopic (exact) mass is 1920 g/mol. The first kappa shape index (κ1) is 112. The van der Waals surface area contributed by atoms with Gasteiger partial charge in [-0.25, -0.2) is 0 Å². The normalized spacial score (nSPS) is 23.0. The number of benzene rings is 2. The van der Waals surface area contributed by atoms with Crippen molar-refractivity contribution >= 4 is 70.9 Å². The van der Waals surface area contributed by atoms with Gasteiger partial charge in [0.15, 0.2) is 0 Å². The highest BCUT2D eigenvalue weighted by atomic mass is 16.2. The quantitative estimate of drug-likeness (QED) is 0.0266. The second-order valence-corrected chi connectivity index (χ2v) is 45.3. The molecular weight excluding hydrogens is 1730 g/mol. The Morgan fingerprint density at radius 2 is 0.384 bits per heavy atom. The molecule has 24 nitrogen and oxygen atoms in total. The largest absolute Gasteiger partial charge is 0.356 e. The van der Waals surface area contributed by atoms with Crippen molar-refractivity contribution in [3.8, 4) is 0 Å². The Balaban J connectivity index is 0.000000287. The van der Waals surface area contributed by atoms with Crippen molar-refractivity contribution < 1.29 is 57.5 Å². The fraction of sp³-hybridized carbons (Fsp3) is 0.789. The third-order valence-electron chi connectivity index (χ3n) is 33.5. The van der Waals surface area contributed by atoms with E-state index in [1.54, 1.807) is 35.8 Å². The predicted molar refractivity (Wildman–Crippen MR) is 550 cm³/mol. The van der Waals surface area contributed by atoms with Crippen molar-refractivity contribution in [2.75, 3.05) is 101 Å². The summed E-state index contributed by atoms with van der Waals surface area (Å²) >= 11 is 0. The predicted octanol–water partition coefficient (Wildman–Crippen LogP) is 18.1. The molecule has 12 fully saturated rings. The van der Waals surface area contributed by atoms with E-state index in [4.69, 9.17) is 0 Å². The standard InChI is InChI=1S/C60H90N6O6.C54H96N6O6/c1-64(58-31-43-19-44(32-58)21-45(20-43)33-58)55(70)28-52(67)61-13-7-4-10-40-16-41(11-5-8-14-62-53(68)29-56(71)65(2)59-34-46-22-47(35-59)24-48(23-46)36-59)18-42(17-40)12-6-9-15-63-54(69)30-57(72)66(3)60-37-49-25-50(38-60)27-51(26-49)39-60;1-7-10-13-16-28-37-58(4)52(64)43-49(61)55-34-25-19-22-31-46-40-47(32-23-20-26-35-56-50(62)44-53(65)59(5)38-29-17-14-11-8-2)42-48(41-46)33-24-21-27-36-57-51(63)45-54(66)60(6)39-30-18-15-12-9-3/h16-18,43-51H,4-15,19-39H2,1-3H3,(H,61,67)(H,62,68)(H,63,69);40-42H,7-39,43-45H2,1-6H3,(H,55,61)(H,56,62)(H,57,63). The van der Waals surface area contributed by atoms with Crippen LogP contribution in [-0.4, -0.2) is 218 Å². The Labute approximate surface area is 831 Å². The molecule has 0 heterocycles. The number of rotatable bonds is 66. The van der Waals surface area contributed by atoms with Crippen LogP contribution >= 0.6 is 0 Å². The third-order valence-corrected chi connectivity index (χ3v) is 33.5. The number of carbonyl (C=O) groups excluding carboxylic acids is 12. The zero-order valence-corrected chi connectivity index (χ0v) is 87.5. The van der Waals surface area contributed by atoms with Gasteiger partial charge in [0.1, 0.15) is 38.5 Å². The van der Waals surface area contributed by atoms with E-state index in [1.807, 2.05) is 35.8 Å². The molecule has 12 aliphatic carbocycles. The fourth-order valence-electron chi connectivity index (χ4n) is 26.6. The van der Waals surface area contributed by atoms with Gasteiger partial charge in [-0.1, -0.05) is 153 Å². The van der Waals surface area contributed by atoms with Gasteiger partial charge in [0.05, 0.1) is 0 Å². The maximum Gasteiger partial charge on any atom is 0.232 e. The zero-order chi connectivity index (χ0) is 98.8. The molecule has 14 rings (SSSR count). The van der Waals surface area contributed by atoms with Gasteiger partial charge in [0.2, 0.25) is 70.9 Å². The third kappa shape index (κ3) is 37.4. The van der Waals surface area contributed by atoms with Gasteiger partial charge in [-0.2, -0.15) is 0 Å². The van der Waals surface area contributed by atoms with Gasteiger partial charge in [-0.05, 0) is 337 Å². The molecule has 0 radical (unpaired) electrons. The minimum atomic E-state index is -0.205. The summed E-state index contributed by atoms with van der Waals surface area (Å²) in [5.74, 6) is 5.05. The van der Waals surface area contributed by atoms with Crippen LogP contribution in [0.15, 0.2) is 36.4 Å². The van der Waals surface area contributed by atoms with E-state index in [1.165, 1.54) is 149 Å². The summed E-state index contributed by atoms with van der Waals surface area (Å²) < 4.78 is 0. The Hall–Kier alpha value is -7.92. The minimum Gasteiger partial charge on any atom is -0.356 e. The SMILES string of the molecule is CCCCCCCN(C)C(=O)CC(=O)NCCCCCc1cc(CCCCCNC(=O)CC(=O)N(C)CCCCCCC)cc(CCCCCNC(=O)CC(=O)N(C)CCCCCCC)c1.CN(C(=O)CC(=O)NCCCCc1cc(CCCCNC(=O)CC(=O)N(C)C23CC4CC(CC(C4)C2)C3)cc(CCCCNC(=O)CC(=O)N(C)C23CC4CC(CC(C4)C2)C3)c1)C12CC3CC(CC(C3)C1)C2. The van der Waals surface area contributed by atoms with Crippen molar-refractivity contribution in [3.05, 3.63) is 69.8 Å². The van der Waals surface area contributed by atoms with Crippen LogP contribution < -0.4 is 31.9 Å². The molecule has 2 aromatic carbocycles. The number of hydrogen-bond donors (Lipinski definition) is 6. The molecule has 2 aromatic rings. The van der Waals surface area contributed by atoms with Gasteiger partial charge in [-0.15, -0.1) is 0 Å². The van der Waals surface area contributed by atoms with Crippen molar-refractivity contribution in [2.45, 2.75) is 423 Å². The Morgan fingerprint density at radius 3 is 0.572 bits per heavy atom. The van der Waals surface area contributed by atoms with Crippen LogP contribution in [0.4, 0.5) is 0 Å². The topological polar surface area (TPSA) is 296 Å². The van der Waals surface area contributed by atoms with E-state index >= 15 is 0 Å². The summed E-state index contributed by atoms with van der Waals surface area (Å²) in [6.45, 7) is 12.0. The molecular formula is C114H186N12O12. The summed E-state index contributed by atoms with van der Waals surface area (Å²) in [5.41, 5.74) is 7.65. The van der Waals surface area contributed by atoms with Crippen molar-refractivity contribution in [3.63, 3.8) is 0 Å². The van der Waals surface area contributed by atoms with Crippen LogP contribution in [0.1, 0.15) is 401 Å². The first-order valence-electron chi connectivity index (χ1n) is 55.9. The van der Waals surface area contributed by atoms with Gasteiger partial charge < -0.3 is 61.3 Å². The van der Waals surface area contributed by atoms with E-state index in [0.29, 0.717) is 58.9 Å². The van der Waals surface area contributed by atoms with E-state index in [2.05, 4.69) is 89.1 Å². The molecule has 12 saturated carbocycles. The number of aryl methyl sites for hydroxylation is 6. The smallest absolute Gasteiger partial charge is 0.232 e. The lowest BCUT2D eigenvalue weighted by atomic mass is 9.52. The molecule has 12 aliphatic rings. The first-order chi connectivity index (χ1) is 66.5. The molecule has 12 bridgehead atoms. The summed E-state index contributed by atoms with van der Waals surface area (Å²) in [7, 11) is 11.2. The van der Waals surface area contributed by atoms with E-state index in [-0.39, 0.29) is 126 Å². The molecule has 0 unspecified atom stereocenters. The Kier molecular flexibility index (Phi) is 47.6. The number of unbranched alkanes of at least 4 members (excludes halogenated alkanes) is 21. The summed E-state index contributed by atoms with van der Waals surface area (Å²) in [6, 6.07) is 13.9. The van der Waals surface area contributed by atoms with Crippen LogP contribution in [0, 0.1) is 53.3 Å². The summed E-state index contributed by atoms with van der Waals surface area (Å²) in [4.78, 5) is 165. The van der Waals surface area contributed by atoms with Crippen LogP contribution in [0.5, 0.6) is 0 Å². The van der Waals surface area contributed by atoms with Gasteiger partial charge in [0.25, 0.3) is 0 Å². The molecule has 0 aromatic heterocycles. The lowest BCUT2D eigenvalue weighted by molar-refractivity contribution is -0.150. The molecule has 6 N–H and O–H groups in total. The maximum absolute atomic E-state index is 13.4. The molecule has 774 valence electrons. The molecule has 0 aliphatic heterocycles. The van der Waals surface area contributed by atoms with Crippen LogP contribution in [-0.2, 0) is 96.1 Å². The van der Waals surface area contributed by atoms with Gasteiger partial charge in [0, 0.05) is 118 Å². The summed E-state index contributed by atoms with van der Waals surface area (Å²) in [5, 5.41) is 17.9. The maximum atomic E-state index is 13.4. The van der Waals surface area contributed by atoms with Crippen LogP contribution in [0.25, 0.3) is 0 Å². The second-order valence-electron chi connectivity index (χ2n) is 45.3. The highest BCUT2D eigenvalue weighted by Gasteiger charge is 2.57. The molecule has 0 atom stereocenters. The van der Waals surface area contributed by atoms with Crippen LogP contribution in [0.2, 0.25) is 0 Å². The Bertz CT molecular complexity index is 3640. The van der Waals surface area contributed by atoms with E-state index in [0.717, 1.165) is 284 Å². The second kappa shape index (κ2) is 58.6. The molecule has 138 heavy (non-hydrogen) atoms. The highest BCUT2D eigenvalue weighted by molar-refractivity contribution is 6.00. The summed E-state index contributed by atoms with van der Waals surface area (Å²) in [6.07, 6.45) is 57.6. The molecule has 12 amide bonds. The minimum absolute atomic E-state index is 0.0383. The molecule has 24 heteroatoms. The lowest BCUT2D eigenvalue weighted by Crippen LogP contribution is -2.60.